The lowest BCUT2D eigenvalue weighted by atomic mass is 10.1. The molecule has 2 saturated heterocycles. The third-order valence-electron chi connectivity index (χ3n) is 7.28. The van der Waals surface area contributed by atoms with E-state index in [1.54, 1.807) is 0 Å². The Bertz CT molecular complexity index is 1090. The topological polar surface area (TPSA) is 76.9 Å². The summed E-state index contributed by atoms with van der Waals surface area (Å²) in [4.78, 5) is 9.38. The van der Waals surface area contributed by atoms with Crippen LogP contribution in [0.2, 0.25) is 48.8 Å². The Labute approximate surface area is 235 Å². The predicted octanol–water partition coefficient (Wildman–Crippen LogP) is 5.94. The molecular formula is C24H39ClIN3O5Si2. The summed E-state index contributed by atoms with van der Waals surface area (Å²) < 4.78 is 34.0. The summed E-state index contributed by atoms with van der Waals surface area (Å²) in [6.07, 6.45) is -0.744. The molecule has 2 aliphatic rings. The molecule has 0 radical (unpaired) electrons. The molecule has 0 N–H and O–H groups in total. The average Bonchev–Trinajstić information content (AvgIpc) is 3.40. The Kier molecular flexibility index (Phi) is 8.54. The molecule has 202 valence electrons. The van der Waals surface area contributed by atoms with Crippen LogP contribution in [0.1, 0.15) is 20.8 Å². The van der Waals surface area contributed by atoms with Crippen molar-refractivity contribution in [1.82, 2.24) is 14.5 Å². The van der Waals surface area contributed by atoms with Crippen molar-refractivity contribution in [1.29, 1.82) is 0 Å². The summed E-state index contributed by atoms with van der Waals surface area (Å²) in [5, 5.41) is 0.680. The van der Waals surface area contributed by atoms with Crippen molar-refractivity contribution in [3.05, 3.63) is 14.8 Å². The normalized spacial score (nSPS) is 25.1. The van der Waals surface area contributed by atoms with Crippen LogP contribution in [0.4, 0.5) is 0 Å². The van der Waals surface area contributed by atoms with E-state index in [0.29, 0.717) is 52.4 Å². The van der Waals surface area contributed by atoms with E-state index in [1.807, 2.05) is 10.6 Å². The molecule has 12 heteroatoms. The van der Waals surface area contributed by atoms with Gasteiger partial charge in [-0.15, -0.1) is 0 Å². The van der Waals surface area contributed by atoms with E-state index in [9.17, 15) is 0 Å². The van der Waals surface area contributed by atoms with E-state index in [1.165, 1.54) is 0 Å². The first-order valence-corrected chi connectivity index (χ1v) is 20.6. The summed E-state index contributed by atoms with van der Waals surface area (Å²) >= 11 is 8.46. The van der Waals surface area contributed by atoms with Crippen molar-refractivity contribution in [2.24, 2.45) is 0 Å². The number of ether oxygens (including phenoxy) is 4. The maximum Gasteiger partial charge on any atom is 0.301 e. The van der Waals surface area contributed by atoms with Gasteiger partial charge >= 0.3 is 6.01 Å². The van der Waals surface area contributed by atoms with Crippen molar-refractivity contribution in [2.45, 2.75) is 95.7 Å². The molecule has 4 heterocycles. The van der Waals surface area contributed by atoms with Crippen molar-refractivity contribution in [3.63, 3.8) is 0 Å². The smallest absolute Gasteiger partial charge is 0.301 e. The summed E-state index contributed by atoms with van der Waals surface area (Å²) in [5.74, 6) is 0. The Morgan fingerprint density at radius 2 is 1.72 bits per heavy atom. The maximum absolute atomic E-state index is 6.64. The third-order valence-corrected chi connectivity index (χ3v) is 14.9. The van der Waals surface area contributed by atoms with Gasteiger partial charge in [-0.05, 0) is 52.8 Å². The van der Waals surface area contributed by atoms with E-state index >= 15 is 0 Å². The number of pyridine rings is 1. The highest BCUT2D eigenvalue weighted by molar-refractivity contribution is 14.1. The monoisotopic (exact) mass is 667 g/mol. The van der Waals surface area contributed by atoms with Crippen LogP contribution in [-0.2, 0) is 25.4 Å². The molecule has 2 aromatic heterocycles. The molecular weight excluding hydrogens is 629 g/mol. The van der Waals surface area contributed by atoms with Crippen LogP contribution in [0.25, 0.3) is 11.2 Å². The molecule has 0 unspecified atom stereocenters. The van der Waals surface area contributed by atoms with Crippen molar-refractivity contribution in [3.8, 4) is 6.01 Å². The fourth-order valence-electron chi connectivity index (χ4n) is 4.05. The number of imidazole rings is 1. The lowest BCUT2D eigenvalue weighted by Gasteiger charge is -2.39. The first-order chi connectivity index (χ1) is 16.7. The molecule has 36 heavy (non-hydrogen) atoms. The zero-order chi connectivity index (χ0) is 26.5. The molecule has 2 aromatic rings. The molecule has 0 aliphatic carbocycles. The Balaban J connectivity index is 1.51. The Morgan fingerprint density at radius 1 is 1.08 bits per heavy atom. The first-order valence-electron chi connectivity index (χ1n) is 12.5. The Morgan fingerprint density at radius 3 is 2.36 bits per heavy atom. The number of nitrogens with zero attached hydrogens (tertiary/aromatic N) is 3. The largest absolute Gasteiger partial charge is 0.456 e. The second-order valence-corrected chi connectivity index (χ2v) is 24.2. The molecule has 4 atom stereocenters. The van der Waals surface area contributed by atoms with Crippen molar-refractivity contribution >= 4 is 61.7 Å². The Hall–Kier alpha value is -0.286. The summed E-state index contributed by atoms with van der Waals surface area (Å²) in [7, 11) is -3.15. The molecule has 0 amide bonds. The van der Waals surface area contributed by atoms with Gasteiger partial charge in [-0.1, -0.05) is 52.0 Å². The minimum Gasteiger partial charge on any atom is -0.456 e. The predicted molar refractivity (Wildman–Crippen MR) is 155 cm³/mol. The second kappa shape index (κ2) is 10.7. The molecule has 2 fully saturated rings. The van der Waals surface area contributed by atoms with E-state index in [-0.39, 0.29) is 29.5 Å². The number of rotatable bonds is 9. The molecule has 8 nitrogen and oxygen atoms in total. The number of hydrogen-bond donors (Lipinski definition) is 0. The molecule has 0 spiro atoms. The van der Waals surface area contributed by atoms with Crippen LogP contribution < -0.4 is 4.74 Å². The number of hydrogen-bond acceptors (Lipinski definition) is 7. The molecule has 0 aromatic carbocycles. The zero-order valence-corrected chi connectivity index (χ0v) is 27.5. The summed E-state index contributed by atoms with van der Waals surface area (Å²) in [6, 6.07) is 3.34. The van der Waals surface area contributed by atoms with E-state index in [2.05, 4.69) is 81.1 Å². The molecule has 0 bridgehead atoms. The minimum atomic E-state index is -1.95. The van der Waals surface area contributed by atoms with Crippen LogP contribution in [0.15, 0.2) is 6.07 Å². The lowest BCUT2D eigenvalue weighted by molar-refractivity contribution is 0.00687. The summed E-state index contributed by atoms with van der Waals surface area (Å²) in [5.41, 5.74) is 1.36. The molecule has 4 rings (SSSR count). The van der Waals surface area contributed by atoms with Gasteiger partial charge in [-0.2, -0.15) is 4.98 Å². The highest BCUT2D eigenvalue weighted by Crippen LogP contribution is 2.40. The lowest BCUT2D eigenvalue weighted by Crippen LogP contribution is -2.47. The molecule has 0 saturated carbocycles. The van der Waals surface area contributed by atoms with Gasteiger partial charge in [0.25, 0.3) is 0 Å². The fourth-order valence-corrected chi connectivity index (χ4v) is 6.64. The number of fused-ring (bicyclic) bond motifs is 2. The minimum absolute atomic E-state index is 0.0877. The first kappa shape index (κ1) is 28.7. The number of aromatic nitrogens is 3. The zero-order valence-electron chi connectivity index (χ0n) is 22.6. The van der Waals surface area contributed by atoms with Crippen LogP contribution in [0.3, 0.4) is 0 Å². The SMILES string of the molecule is CC(C)(C)[Si](C)(C)O[C@@H]1CO[C@H]2[C@@H]1OC[C@H]2Oc1nc2cc(Cl)c(I)nc2n1COCC[Si](C)(C)C. The van der Waals surface area contributed by atoms with Gasteiger partial charge in [0.1, 0.15) is 28.2 Å². The fraction of sp³-hybridized carbons (Fsp3) is 0.750. The third kappa shape index (κ3) is 6.29. The van der Waals surface area contributed by atoms with Gasteiger partial charge in [-0.25, -0.2) is 4.98 Å². The van der Waals surface area contributed by atoms with Gasteiger partial charge in [0.15, 0.2) is 20.1 Å². The second-order valence-electron chi connectivity index (χ2n) is 12.4. The number of halogens is 2. The van der Waals surface area contributed by atoms with Gasteiger partial charge in [0, 0.05) is 14.7 Å². The standard InChI is InChI=1S/C24H39ClIN3O5Si2/c1-24(2,3)36(7,8)34-18-13-32-19-17(12-31-20(18)19)33-23-27-16-11-15(25)21(26)28-22(16)29(23)14-30-9-10-35(4,5)6/h11,17-20H,9-10,12-14H2,1-8H3/t17-,18-,19-,20-/m1/s1. The van der Waals surface area contributed by atoms with E-state index < -0.39 is 16.4 Å². The highest BCUT2D eigenvalue weighted by Gasteiger charge is 2.52. The highest BCUT2D eigenvalue weighted by atomic mass is 127. The van der Waals surface area contributed by atoms with Crippen LogP contribution in [0.5, 0.6) is 6.01 Å². The molecule has 2 aliphatic heterocycles. The van der Waals surface area contributed by atoms with Gasteiger partial charge in [0.05, 0.1) is 24.3 Å². The van der Waals surface area contributed by atoms with Crippen molar-refractivity contribution in [2.75, 3.05) is 19.8 Å². The van der Waals surface area contributed by atoms with Crippen LogP contribution >= 0.6 is 34.2 Å². The van der Waals surface area contributed by atoms with Crippen LogP contribution in [-0.4, -0.2) is 75.2 Å². The maximum atomic E-state index is 6.64. The quantitative estimate of drug-likeness (QED) is 0.142. The summed E-state index contributed by atoms with van der Waals surface area (Å²) in [6.45, 7) is 20.2. The van der Waals surface area contributed by atoms with Gasteiger partial charge in [-0.3, -0.25) is 4.57 Å². The van der Waals surface area contributed by atoms with Gasteiger partial charge in [0.2, 0.25) is 0 Å². The van der Waals surface area contributed by atoms with Crippen molar-refractivity contribution < 1.29 is 23.4 Å². The van der Waals surface area contributed by atoms with E-state index in [4.69, 9.17) is 40.0 Å². The van der Waals surface area contributed by atoms with Crippen LogP contribution in [0, 0.1) is 3.70 Å². The average molecular weight is 668 g/mol. The van der Waals surface area contributed by atoms with E-state index in [0.717, 1.165) is 6.04 Å². The van der Waals surface area contributed by atoms with Gasteiger partial charge < -0.3 is 23.4 Å².